The molecule has 1 aliphatic rings. The highest BCUT2D eigenvalue weighted by atomic mass is 35.5. The van der Waals surface area contributed by atoms with Gasteiger partial charge in [0.25, 0.3) is 0 Å². The van der Waals surface area contributed by atoms with Crippen molar-refractivity contribution in [2.24, 2.45) is 0 Å². The molecule has 1 aromatic rings. The topological polar surface area (TPSA) is 69.7 Å². The number of rotatable bonds is 6. The summed E-state index contributed by atoms with van der Waals surface area (Å²) in [6.07, 6.45) is 0.716. The Morgan fingerprint density at radius 3 is 2.77 bits per heavy atom. The maximum Gasteiger partial charge on any atom is 0.326 e. The number of nitrogens with zero attached hydrogens (tertiary/aromatic N) is 2. The van der Waals surface area contributed by atoms with E-state index in [2.05, 4.69) is 5.32 Å². The number of carbonyl (C=O) groups excluding carboxylic acids is 3. The van der Waals surface area contributed by atoms with E-state index in [9.17, 15) is 14.4 Å². The molecule has 1 N–H and O–H groups in total. The van der Waals surface area contributed by atoms with E-state index < -0.39 is 0 Å². The molecule has 2 rings (SSSR count). The molecule has 1 aromatic carbocycles. The van der Waals surface area contributed by atoms with E-state index in [0.29, 0.717) is 18.0 Å². The third kappa shape index (κ3) is 4.21. The van der Waals surface area contributed by atoms with Gasteiger partial charge in [-0.05, 0) is 24.1 Å². The van der Waals surface area contributed by atoms with Crippen LogP contribution in [0.4, 0.5) is 4.79 Å². The average molecular weight is 324 g/mol. The number of halogens is 1. The lowest BCUT2D eigenvalue weighted by atomic mass is 10.2. The minimum atomic E-state index is -0.302. The number of nitrogens with one attached hydrogen (secondary N) is 1. The van der Waals surface area contributed by atoms with Crippen LogP contribution in [-0.4, -0.2) is 47.8 Å². The van der Waals surface area contributed by atoms with Gasteiger partial charge in [-0.25, -0.2) is 4.79 Å². The maximum absolute atomic E-state index is 11.8. The second-order valence-corrected chi connectivity index (χ2v) is 5.63. The van der Waals surface area contributed by atoms with Crippen molar-refractivity contribution in [1.29, 1.82) is 0 Å². The highest BCUT2D eigenvalue weighted by Crippen LogP contribution is 2.11. The Bertz CT molecular complexity index is 591. The highest BCUT2D eigenvalue weighted by Gasteiger charge is 2.32. The van der Waals surface area contributed by atoms with Crippen molar-refractivity contribution >= 4 is 29.4 Å². The van der Waals surface area contributed by atoms with E-state index in [0.717, 1.165) is 5.56 Å². The summed E-state index contributed by atoms with van der Waals surface area (Å²) in [5.41, 5.74) is 0.923. The lowest BCUT2D eigenvalue weighted by molar-refractivity contribution is -0.126. The van der Waals surface area contributed by atoms with Crippen molar-refractivity contribution in [3.05, 3.63) is 34.9 Å². The predicted molar refractivity (Wildman–Crippen MR) is 82.3 cm³/mol. The van der Waals surface area contributed by atoms with Crippen LogP contribution in [0.5, 0.6) is 0 Å². The lowest BCUT2D eigenvalue weighted by Gasteiger charge is -2.13. The van der Waals surface area contributed by atoms with E-state index in [1.165, 1.54) is 9.80 Å². The standard InChI is InChI=1S/C15H18ClN3O3/c1-18-10-14(21)19(15(18)22)7-3-6-13(20)17-9-11-4-2-5-12(16)8-11/h2,4-5,8H,3,6-7,9-10H2,1H3,(H,17,20). The Labute approximate surface area is 134 Å². The van der Waals surface area contributed by atoms with E-state index in [1.54, 1.807) is 19.2 Å². The molecule has 0 aromatic heterocycles. The number of hydrogen-bond acceptors (Lipinski definition) is 3. The average Bonchev–Trinajstić information content (AvgIpc) is 2.71. The second-order valence-electron chi connectivity index (χ2n) is 5.19. The van der Waals surface area contributed by atoms with Gasteiger partial charge in [0.05, 0.1) is 0 Å². The lowest BCUT2D eigenvalue weighted by Crippen LogP contribution is -2.33. The van der Waals surface area contributed by atoms with Crippen molar-refractivity contribution in [2.45, 2.75) is 19.4 Å². The van der Waals surface area contributed by atoms with Crippen LogP contribution in [0.1, 0.15) is 18.4 Å². The van der Waals surface area contributed by atoms with Crippen LogP contribution in [-0.2, 0) is 16.1 Å². The van der Waals surface area contributed by atoms with Gasteiger partial charge in [0, 0.05) is 31.6 Å². The fraction of sp³-hybridized carbons (Fsp3) is 0.400. The van der Waals surface area contributed by atoms with E-state index >= 15 is 0 Å². The van der Waals surface area contributed by atoms with Gasteiger partial charge in [-0.15, -0.1) is 0 Å². The summed E-state index contributed by atoms with van der Waals surface area (Å²) >= 11 is 5.87. The Kier molecular flexibility index (Phi) is 5.38. The zero-order valence-corrected chi connectivity index (χ0v) is 13.1. The van der Waals surface area contributed by atoms with E-state index in [1.807, 2.05) is 12.1 Å². The zero-order chi connectivity index (χ0) is 16.1. The van der Waals surface area contributed by atoms with Gasteiger partial charge in [-0.2, -0.15) is 0 Å². The number of imide groups is 1. The Morgan fingerprint density at radius 1 is 1.36 bits per heavy atom. The van der Waals surface area contributed by atoms with E-state index in [4.69, 9.17) is 11.6 Å². The van der Waals surface area contributed by atoms with Crippen LogP contribution < -0.4 is 5.32 Å². The second kappa shape index (κ2) is 7.26. The van der Waals surface area contributed by atoms with Crippen LogP contribution in [0, 0.1) is 0 Å². The Morgan fingerprint density at radius 2 is 2.14 bits per heavy atom. The molecule has 0 spiro atoms. The first-order valence-electron chi connectivity index (χ1n) is 7.04. The molecule has 0 saturated carbocycles. The molecule has 0 radical (unpaired) electrons. The van der Waals surface area contributed by atoms with Crippen LogP contribution in [0.3, 0.4) is 0 Å². The van der Waals surface area contributed by atoms with Crippen LogP contribution in [0.2, 0.25) is 5.02 Å². The summed E-state index contributed by atoms with van der Waals surface area (Å²) in [5.74, 6) is -0.334. The summed E-state index contributed by atoms with van der Waals surface area (Å²) < 4.78 is 0. The summed E-state index contributed by atoms with van der Waals surface area (Å²) in [6.45, 7) is 0.788. The molecule has 4 amide bonds. The van der Waals surface area contributed by atoms with Crippen molar-refractivity contribution < 1.29 is 14.4 Å². The molecule has 1 saturated heterocycles. The summed E-state index contributed by atoms with van der Waals surface area (Å²) in [4.78, 5) is 37.5. The minimum Gasteiger partial charge on any atom is -0.352 e. The molecule has 0 aliphatic carbocycles. The molecular weight excluding hydrogens is 306 g/mol. The third-order valence-electron chi connectivity index (χ3n) is 3.40. The van der Waals surface area contributed by atoms with Crippen molar-refractivity contribution in [3.63, 3.8) is 0 Å². The minimum absolute atomic E-state index is 0.111. The van der Waals surface area contributed by atoms with Crippen LogP contribution in [0.15, 0.2) is 24.3 Å². The predicted octanol–water partition coefficient (Wildman–Crippen LogP) is 1.63. The molecule has 1 fully saturated rings. The molecule has 118 valence electrons. The smallest absolute Gasteiger partial charge is 0.326 e. The fourth-order valence-electron chi connectivity index (χ4n) is 2.22. The summed E-state index contributed by atoms with van der Waals surface area (Å²) in [6, 6.07) is 6.96. The zero-order valence-electron chi connectivity index (χ0n) is 12.3. The van der Waals surface area contributed by atoms with Crippen LogP contribution >= 0.6 is 11.6 Å². The molecule has 0 atom stereocenters. The molecule has 7 heteroatoms. The first-order chi connectivity index (χ1) is 10.5. The van der Waals surface area contributed by atoms with Gasteiger partial charge >= 0.3 is 6.03 Å². The van der Waals surface area contributed by atoms with Gasteiger partial charge in [0.2, 0.25) is 11.8 Å². The third-order valence-corrected chi connectivity index (χ3v) is 3.63. The van der Waals surface area contributed by atoms with E-state index in [-0.39, 0.29) is 37.4 Å². The first kappa shape index (κ1) is 16.3. The van der Waals surface area contributed by atoms with Crippen molar-refractivity contribution in [3.8, 4) is 0 Å². The van der Waals surface area contributed by atoms with Crippen molar-refractivity contribution in [1.82, 2.24) is 15.1 Å². The molecular formula is C15H18ClN3O3. The Hall–Kier alpha value is -2.08. The number of carbonyl (C=O) groups is 3. The van der Waals surface area contributed by atoms with Crippen LogP contribution in [0.25, 0.3) is 0 Å². The highest BCUT2D eigenvalue weighted by molar-refractivity contribution is 6.30. The summed E-state index contributed by atoms with van der Waals surface area (Å²) in [7, 11) is 1.58. The van der Waals surface area contributed by atoms with Crippen molar-refractivity contribution in [2.75, 3.05) is 20.1 Å². The normalized spacial score (nSPS) is 14.6. The number of urea groups is 1. The monoisotopic (exact) mass is 323 g/mol. The quantitative estimate of drug-likeness (QED) is 0.809. The molecule has 1 heterocycles. The number of likely N-dealkylation sites (N-methyl/N-ethyl adjacent to an activating group) is 1. The number of amides is 4. The molecule has 1 aliphatic heterocycles. The molecule has 6 nitrogen and oxygen atoms in total. The largest absolute Gasteiger partial charge is 0.352 e. The summed E-state index contributed by atoms with van der Waals surface area (Å²) in [5, 5.41) is 3.41. The van der Waals surface area contributed by atoms with Gasteiger partial charge in [-0.1, -0.05) is 23.7 Å². The van der Waals surface area contributed by atoms with Gasteiger partial charge in [0.15, 0.2) is 0 Å². The molecule has 0 unspecified atom stereocenters. The Balaban J connectivity index is 1.70. The number of hydrogen-bond donors (Lipinski definition) is 1. The van der Waals surface area contributed by atoms with Gasteiger partial charge in [0.1, 0.15) is 6.54 Å². The maximum atomic E-state index is 11.8. The number of benzene rings is 1. The molecule has 22 heavy (non-hydrogen) atoms. The SMILES string of the molecule is CN1CC(=O)N(CCCC(=O)NCc2cccc(Cl)c2)C1=O. The fourth-order valence-corrected chi connectivity index (χ4v) is 2.44. The van der Waals surface area contributed by atoms with Gasteiger partial charge in [-0.3, -0.25) is 14.5 Å². The first-order valence-corrected chi connectivity index (χ1v) is 7.42. The van der Waals surface area contributed by atoms with Gasteiger partial charge < -0.3 is 10.2 Å². The molecule has 0 bridgehead atoms.